The van der Waals surface area contributed by atoms with Crippen LogP contribution in [-0.4, -0.2) is 28.2 Å². The molecule has 2 heterocycles. The summed E-state index contributed by atoms with van der Waals surface area (Å²) in [7, 11) is -5.47. The van der Waals surface area contributed by atoms with Gasteiger partial charge in [0.1, 0.15) is 23.7 Å². The van der Waals surface area contributed by atoms with Crippen LogP contribution in [0.5, 0.6) is 11.5 Å². The molecule has 1 aromatic heterocycles. The molecule has 301 valence electrons. The number of allylic oxidation sites excluding steroid dienone is 1. The van der Waals surface area contributed by atoms with Crippen LogP contribution in [0.1, 0.15) is 17.3 Å². The molecule has 0 amide bonds. The molecule has 1 radical (unpaired) electrons. The smallest absolute Gasteiger partial charge is 0.455 e. The molecule has 0 spiro atoms. The molecule has 0 atom stereocenters. The van der Waals surface area contributed by atoms with Crippen LogP contribution in [0.15, 0.2) is 187 Å². The quantitative estimate of drug-likeness (QED) is 0.127. The van der Waals surface area contributed by atoms with Gasteiger partial charge in [0, 0.05) is 81.3 Å². The maximum Gasteiger partial charge on any atom is 0.455 e. The Labute approximate surface area is 380 Å². The van der Waals surface area contributed by atoms with Crippen LogP contribution in [0.3, 0.4) is 0 Å². The molecule has 7 nitrogen and oxygen atoms in total. The first kappa shape index (κ1) is 45.5. The van der Waals surface area contributed by atoms with Crippen LogP contribution >= 0.6 is 14.3 Å². The average Bonchev–Trinajstić information content (AvgIpc) is 3.26. The first-order chi connectivity index (χ1) is 27.8. The molecule has 0 unspecified atom stereocenters. The van der Waals surface area contributed by atoms with Crippen LogP contribution < -0.4 is 36.8 Å². The van der Waals surface area contributed by atoms with Crippen molar-refractivity contribution in [2.45, 2.75) is 19.6 Å². The van der Waals surface area contributed by atoms with E-state index in [2.05, 4.69) is 6.58 Å². The number of carbonyl (C=O) groups is 1. The summed E-state index contributed by atoms with van der Waals surface area (Å²) in [6, 6.07) is 52.6. The number of aromatic hydroxyl groups is 1. The summed E-state index contributed by atoms with van der Waals surface area (Å²) in [5.74, 6) is -3.05. The minimum Gasteiger partial charge on any atom is -0.506 e. The molecular formula is C46H38EuF3NO6P2. The molecule has 1 aliphatic heterocycles. The zero-order valence-electron chi connectivity index (χ0n) is 31.6. The van der Waals surface area contributed by atoms with Crippen molar-refractivity contribution >= 4 is 57.5 Å². The van der Waals surface area contributed by atoms with Gasteiger partial charge < -0.3 is 23.5 Å². The summed E-state index contributed by atoms with van der Waals surface area (Å²) in [4.78, 5) is 23.5. The third-order valence-electron chi connectivity index (χ3n) is 9.41. The second kappa shape index (κ2) is 19.6. The maximum absolute atomic E-state index is 13.8. The van der Waals surface area contributed by atoms with E-state index in [4.69, 9.17) is 4.74 Å². The van der Waals surface area contributed by atoms with E-state index in [0.717, 1.165) is 36.4 Å². The number of benzene rings is 6. The fourth-order valence-corrected chi connectivity index (χ4v) is 11.6. The Morgan fingerprint density at radius 2 is 1.05 bits per heavy atom. The molecule has 0 saturated heterocycles. The number of rotatable bonds is 7. The number of ether oxygens (including phenoxy) is 1. The van der Waals surface area contributed by atoms with E-state index in [1.165, 1.54) is 18.2 Å². The minimum atomic E-state index is -5.24. The van der Waals surface area contributed by atoms with Crippen molar-refractivity contribution in [1.82, 2.24) is 4.57 Å². The number of aromatic nitrogens is 1. The van der Waals surface area contributed by atoms with Gasteiger partial charge in [0.15, 0.2) is 14.3 Å². The van der Waals surface area contributed by atoms with Gasteiger partial charge in [-0.1, -0.05) is 164 Å². The molecule has 1 N–H and O–H groups in total. The van der Waals surface area contributed by atoms with Gasteiger partial charge in [-0.25, -0.2) is 0 Å². The summed E-state index contributed by atoms with van der Waals surface area (Å²) in [5.41, 5.74) is -2.24. The number of Topliss-reactive ketones (excluding diaryl/α,β-unsaturated/α-hetero) is 1. The van der Waals surface area contributed by atoms with Crippen LogP contribution in [0.25, 0.3) is 10.9 Å². The van der Waals surface area contributed by atoms with Crippen LogP contribution in [0.2, 0.25) is 0 Å². The summed E-state index contributed by atoms with van der Waals surface area (Å²) >= 11 is 0. The Bertz CT molecular complexity index is 2570. The number of hydrogen-bond donors (Lipinski definition) is 1. The Morgan fingerprint density at radius 1 is 0.661 bits per heavy atom. The van der Waals surface area contributed by atoms with Gasteiger partial charge in [0.2, 0.25) is 0 Å². The zero-order valence-corrected chi connectivity index (χ0v) is 35.8. The fourth-order valence-electron chi connectivity index (χ4n) is 6.61. The average molecular weight is 972 g/mol. The number of carbonyl (C=O) groups excluding carboxylic acids is 1. The van der Waals surface area contributed by atoms with Crippen molar-refractivity contribution in [3.05, 3.63) is 198 Å². The van der Waals surface area contributed by atoms with E-state index >= 15 is 0 Å². The first-order valence-electron chi connectivity index (χ1n) is 18.1. The molecule has 0 bridgehead atoms. The Kier molecular flexibility index (Phi) is 15.1. The van der Waals surface area contributed by atoms with Gasteiger partial charge in [0.05, 0.1) is 12.1 Å². The van der Waals surface area contributed by atoms with E-state index in [1.807, 2.05) is 159 Å². The number of halogens is 3. The second-order valence-corrected chi connectivity index (χ2v) is 18.9. The predicted molar refractivity (Wildman–Crippen MR) is 226 cm³/mol. The van der Waals surface area contributed by atoms with Crippen molar-refractivity contribution in [2.75, 3.05) is 6.61 Å². The van der Waals surface area contributed by atoms with E-state index in [1.54, 1.807) is 0 Å². The largest absolute Gasteiger partial charge is 0.506 e. The van der Waals surface area contributed by atoms with Crippen molar-refractivity contribution in [3.63, 3.8) is 0 Å². The Hall–Kier alpha value is -4.63. The van der Waals surface area contributed by atoms with E-state index in [9.17, 15) is 37.0 Å². The summed E-state index contributed by atoms with van der Waals surface area (Å²) < 4.78 is 71.1. The first-order valence-corrected chi connectivity index (χ1v) is 21.5. The van der Waals surface area contributed by atoms with E-state index < -0.39 is 43.1 Å². The van der Waals surface area contributed by atoms with Gasteiger partial charge in [0.25, 0.3) is 11.3 Å². The van der Waals surface area contributed by atoms with Gasteiger partial charge >= 0.3 is 6.18 Å². The number of alkyl halides is 3. The molecule has 0 aliphatic carbocycles. The van der Waals surface area contributed by atoms with Crippen LogP contribution in [0, 0.1) is 49.4 Å². The van der Waals surface area contributed by atoms with Crippen molar-refractivity contribution in [1.29, 1.82) is 0 Å². The molecule has 1 aliphatic rings. The number of hydrogen-bond acceptors (Lipinski definition) is 6. The van der Waals surface area contributed by atoms with Crippen LogP contribution in [-0.2, 0) is 15.7 Å². The SMILES string of the molecule is C=C(C)P(=O)(c1ccccc1)c1ccccc1.O=C(c1c(O)c2cccc3c2n(c1=O)CCO3)C(F)(F)F.O=P(c1ccccc1)(c1ccccc1)c1ccccc1.[Eu]. The summed E-state index contributed by atoms with van der Waals surface area (Å²) in [5, 5.41) is 14.9. The molecule has 6 aromatic carbocycles. The molecule has 13 heteroatoms. The Morgan fingerprint density at radius 3 is 1.42 bits per heavy atom. The van der Waals surface area contributed by atoms with E-state index in [-0.39, 0.29) is 79.2 Å². The molecule has 7 aromatic rings. The second-order valence-electron chi connectivity index (χ2n) is 13.1. The summed E-state index contributed by atoms with van der Waals surface area (Å²) in [6.07, 6.45) is -5.24. The van der Waals surface area contributed by atoms with E-state index in [0.29, 0.717) is 0 Å². The summed E-state index contributed by atoms with van der Waals surface area (Å²) in [6.45, 7) is 5.85. The monoisotopic (exact) mass is 972 g/mol. The van der Waals surface area contributed by atoms with Gasteiger partial charge in [-0.3, -0.25) is 9.59 Å². The maximum atomic E-state index is 13.8. The normalized spacial score (nSPS) is 12.0. The van der Waals surface area contributed by atoms with Gasteiger partial charge in [-0.05, 0) is 24.4 Å². The van der Waals surface area contributed by atoms with Crippen molar-refractivity contribution in [3.8, 4) is 11.5 Å². The molecular weight excluding hydrogens is 933 g/mol. The van der Waals surface area contributed by atoms with Crippen molar-refractivity contribution < 1.29 is 86.3 Å². The topological polar surface area (TPSA) is 103 Å². The number of para-hydroxylation sites is 1. The number of ketones is 1. The number of pyridine rings is 1. The van der Waals surface area contributed by atoms with Gasteiger partial charge in [-0.15, -0.1) is 0 Å². The molecule has 59 heavy (non-hydrogen) atoms. The molecule has 8 rings (SSSR count). The Balaban J connectivity index is 0.000000168. The van der Waals surface area contributed by atoms with Crippen molar-refractivity contribution in [2.24, 2.45) is 0 Å². The molecule has 0 saturated carbocycles. The zero-order chi connectivity index (χ0) is 41.5. The number of nitrogens with zero attached hydrogens (tertiary/aromatic N) is 1. The van der Waals surface area contributed by atoms with Gasteiger partial charge in [-0.2, -0.15) is 13.2 Å². The minimum absolute atomic E-state index is 0. The third-order valence-corrected chi connectivity index (χ3v) is 15.6. The fraction of sp³-hybridized carbons (Fsp3) is 0.0870. The van der Waals surface area contributed by atoms with Crippen LogP contribution in [0.4, 0.5) is 13.2 Å². The predicted octanol–water partition coefficient (Wildman–Crippen LogP) is 8.70. The standard InChI is InChI=1S/C18H15OP.C15H15OP.C13H8F3NO4.Eu/c19-20(16-10-4-1-5-11-16,17-12-6-2-7-13-17)18-14-8-3-9-15-18;1-13(2)17(16,14-9-5-3-6-10-14)15-11-7-4-8-12-15;14-13(15,16)11(19)8-10(18)6-2-1-3-7-9(6)17(12(8)20)4-5-21-7;/h1-15H;3-12H,1H2,2H3;1-3,18H,4-5H2;. The third kappa shape index (κ3) is 9.56. The molecule has 0 fully saturated rings.